The van der Waals surface area contributed by atoms with E-state index >= 15 is 0 Å². The lowest BCUT2D eigenvalue weighted by atomic mass is 10.1. The van der Waals surface area contributed by atoms with E-state index in [2.05, 4.69) is 4.90 Å². The molecule has 0 spiro atoms. The van der Waals surface area contributed by atoms with E-state index in [-0.39, 0.29) is 0 Å². The summed E-state index contributed by atoms with van der Waals surface area (Å²) in [6.07, 6.45) is 1.03. The quantitative estimate of drug-likeness (QED) is 0.603. The van der Waals surface area contributed by atoms with E-state index in [9.17, 15) is 8.60 Å². The van der Waals surface area contributed by atoms with Crippen molar-refractivity contribution in [2.45, 2.75) is 25.1 Å². The first kappa shape index (κ1) is 8.63. The molecule has 2 nitrogen and oxygen atoms in total. The Hall–Kier alpha value is 0.0400. The summed E-state index contributed by atoms with van der Waals surface area (Å²) in [5.41, 5.74) is 0. The minimum absolute atomic E-state index is 0.421. The summed E-state index contributed by atoms with van der Waals surface area (Å²) in [5.74, 6) is 1.54. The Morgan fingerprint density at radius 2 is 2.17 bits per heavy atom. The predicted octanol–water partition coefficient (Wildman–Crippen LogP) is 0.551. The number of halogens is 1. The molecule has 0 aromatic rings. The van der Waals surface area contributed by atoms with Crippen LogP contribution in [0.25, 0.3) is 0 Å². The molecule has 12 heavy (non-hydrogen) atoms. The maximum absolute atomic E-state index is 12.9. The highest BCUT2D eigenvalue weighted by Gasteiger charge is 2.33. The third kappa shape index (κ3) is 1.69. The molecular formula is C8H14FNOS. The molecule has 2 aliphatic rings. The van der Waals surface area contributed by atoms with E-state index < -0.39 is 17.0 Å². The molecule has 1 unspecified atom stereocenters. The molecule has 0 aliphatic carbocycles. The van der Waals surface area contributed by atoms with Crippen molar-refractivity contribution in [3.63, 3.8) is 0 Å². The summed E-state index contributed by atoms with van der Waals surface area (Å²) in [5, 5.41) is 0. The Balaban J connectivity index is 1.83. The Morgan fingerprint density at radius 1 is 1.42 bits per heavy atom. The smallest absolute Gasteiger partial charge is 0.113 e. The van der Waals surface area contributed by atoms with E-state index in [4.69, 9.17) is 0 Å². The fourth-order valence-corrected chi connectivity index (χ4v) is 3.06. The van der Waals surface area contributed by atoms with E-state index in [0.29, 0.717) is 19.0 Å². The van der Waals surface area contributed by atoms with Gasteiger partial charge in [-0.2, -0.15) is 0 Å². The second-order valence-electron chi connectivity index (χ2n) is 3.66. The van der Waals surface area contributed by atoms with Gasteiger partial charge in [0.25, 0.3) is 0 Å². The van der Waals surface area contributed by atoms with Crippen LogP contribution in [-0.2, 0) is 10.8 Å². The normalized spacial score (nSPS) is 43.9. The van der Waals surface area contributed by atoms with Gasteiger partial charge < -0.3 is 0 Å². The van der Waals surface area contributed by atoms with Crippen LogP contribution in [0.15, 0.2) is 0 Å². The molecule has 1 atom stereocenters. The third-order valence-electron chi connectivity index (χ3n) is 2.67. The lowest BCUT2D eigenvalue weighted by molar-refractivity contribution is 0.110. The molecule has 0 saturated carbocycles. The SMILES string of the molecule is O=S1CC(N2CCCC(F)C2)C1. The van der Waals surface area contributed by atoms with Gasteiger partial charge >= 0.3 is 0 Å². The van der Waals surface area contributed by atoms with Crippen LogP contribution in [0.4, 0.5) is 4.39 Å². The summed E-state index contributed by atoms with van der Waals surface area (Å²) < 4.78 is 23.8. The zero-order valence-corrected chi connectivity index (χ0v) is 7.86. The maximum Gasteiger partial charge on any atom is 0.113 e. The molecule has 2 heterocycles. The van der Waals surface area contributed by atoms with Gasteiger partial charge in [0.05, 0.1) is 0 Å². The number of nitrogens with zero attached hydrogens (tertiary/aromatic N) is 1. The number of hydrogen-bond donors (Lipinski definition) is 0. The van der Waals surface area contributed by atoms with Gasteiger partial charge in [-0.25, -0.2) is 4.39 Å². The number of rotatable bonds is 1. The first-order valence-corrected chi connectivity index (χ1v) is 5.97. The molecule has 2 fully saturated rings. The second-order valence-corrected chi connectivity index (χ2v) is 5.21. The maximum atomic E-state index is 12.9. The third-order valence-corrected chi connectivity index (χ3v) is 4.18. The van der Waals surface area contributed by atoms with Gasteiger partial charge in [0.1, 0.15) is 6.17 Å². The van der Waals surface area contributed by atoms with Gasteiger partial charge in [-0.3, -0.25) is 9.11 Å². The van der Waals surface area contributed by atoms with Gasteiger partial charge in [0.2, 0.25) is 0 Å². The van der Waals surface area contributed by atoms with Crippen LogP contribution in [0.5, 0.6) is 0 Å². The van der Waals surface area contributed by atoms with Gasteiger partial charge in [0.15, 0.2) is 0 Å². The monoisotopic (exact) mass is 191 g/mol. The largest absolute Gasteiger partial charge is 0.296 e. The summed E-state index contributed by atoms with van der Waals surface area (Å²) in [6.45, 7) is 1.57. The zero-order chi connectivity index (χ0) is 8.55. The van der Waals surface area contributed by atoms with Crippen molar-refractivity contribution < 1.29 is 8.60 Å². The highest BCUT2D eigenvalue weighted by atomic mass is 32.2. The Labute approximate surface area is 74.6 Å². The highest BCUT2D eigenvalue weighted by molar-refractivity contribution is 7.86. The van der Waals surface area contributed by atoms with Crippen LogP contribution < -0.4 is 0 Å². The van der Waals surface area contributed by atoms with E-state index in [1.165, 1.54) is 0 Å². The Morgan fingerprint density at radius 3 is 2.75 bits per heavy atom. The van der Waals surface area contributed by atoms with Crippen molar-refractivity contribution in [3.05, 3.63) is 0 Å². The van der Waals surface area contributed by atoms with Crippen LogP contribution in [-0.4, -0.2) is 45.9 Å². The molecule has 0 N–H and O–H groups in total. The molecule has 2 aliphatic heterocycles. The molecule has 2 saturated heterocycles. The van der Waals surface area contributed by atoms with Crippen molar-refractivity contribution in [3.8, 4) is 0 Å². The standard InChI is InChI=1S/C8H14FNOS/c9-7-2-1-3-10(4-7)8-5-12(11)6-8/h7-8H,1-6H2. The van der Waals surface area contributed by atoms with E-state index in [0.717, 1.165) is 24.5 Å². The van der Waals surface area contributed by atoms with Crippen LogP contribution in [0.3, 0.4) is 0 Å². The molecule has 70 valence electrons. The van der Waals surface area contributed by atoms with Gasteiger partial charge in [-0.15, -0.1) is 0 Å². The zero-order valence-electron chi connectivity index (χ0n) is 7.04. The summed E-state index contributed by atoms with van der Waals surface area (Å²) in [4.78, 5) is 2.16. The first-order chi connectivity index (χ1) is 5.75. The van der Waals surface area contributed by atoms with Crippen molar-refractivity contribution in [2.75, 3.05) is 24.6 Å². The number of piperidine rings is 1. The van der Waals surface area contributed by atoms with Crippen molar-refractivity contribution in [2.24, 2.45) is 0 Å². The van der Waals surface area contributed by atoms with Gasteiger partial charge in [0, 0.05) is 34.9 Å². The molecule has 4 heteroatoms. The number of hydrogen-bond acceptors (Lipinski definition) is 2. The minimum atomic E-state index is -0.646. The van der Waals surface area contributed by atoms with Crippen molar-refractivity contribution in [1.29, 1.82) is 0 Å². The average molecular weight is 191 g/mol. The van der Waals surface area contributed by atoms with E-state index in [1.54, 1.807) is 0 Å². The lowest BCUT2D eigenvalue weighted by Gasteiger charge is -2.39. The summed E-state index contributed by atoms with van der Waals surface area (Å²) >= 11 is 0. The molecule has 0 aromatic heterocycles. The molecule has 2 rings (SSSR count). The first-order valence-electron chi connectivity index (χ1n) is 4.49. The predicted molar refractivity (Wildman–Crippen MR) is 47.4 cm³/mol. The molecule has 0 amide bonds. The topological polar surface area (TPSA) is 20.3 Å². The fraction of sp³-hybridized carbons (Fsp3) is 1.00. The van der Waals surface area contributed by atoms with Crippen molar-refractivity contribution in [1.82, 2.24) is 4.90 Å². The van der Waals surface area contributed by atoms with Gasteiger partial charge in [-0.05, 0) is 19.4 Å². The Bertz CT molecular complexity index is 191. The minimum Gasteiger partial charge on any atom is -0.296 e. The van der Waals surface area contributed by atoms with Crippen LogP contribution in [0.1, 0.15) is 12.8 Å². The van der Waals surface area contributed by atoms with Crippen LogP contribution >= 0.6 is 0 Å². The number of alkyl halides is 1. The van der Waals surface area contributed by atoms with Crippen LogP contribution in [0, 0.1) is 0 Å². The molecule has 0 bridgehead atoms. The summed E-state index contributed by atoms with van der Waals surface area (Å²) in [7, 11) is -0.599. The molecular weight excluding hydrogens is 177 g/mol. The number of likely N-dealkylation sites (tertiary alicyclic amines) is 1. The van der Waals surface area contributed by atoms with Crippen molar-refractivity contribution >= 4 is 10.8 Å². The average Bonchev–Trinajstić information content (AvgIpc) is 1.99. The van der Waals surface area contributed by atoms with Crippen LogP contribution in [0.2, 0.25) is 0 Å². The summed E-state index contributed by atoms with van der Waals surface area (Å²) in [6, 6.07) is 0.421. The Kier molecular flexibility index (Phi) is 2.46. The van der Waals surface area contributed by atoms with E-state index in [1.807, 2.05) is 0 Å². The molecule has 0 radical (unpaired) electrons. The molecule has 0 aromatic carbocycles. The lowest BCUT2D eigenvalue weighted by Crippen LogP contribution is -2.54. The van der Waals surface area contributed by atoms with Gasteiger partial charge in [-0.1, -0.05) is 0 Å². The fourth-order valence-electron chi connectivity index (χ4n) is 1.88. The highest BCUT2D eigenvalue weighted by Crippen LogP contribution is 2.20. The second kappa shape index (κ2) is 3.42.